The van der Waals surface area contributed by atoms with Gasteiger partial charge in [0.05, 0.1) is 6.61 Å². The summed E-state index contributed by atoms with van der Waals surface area (Å²) in [6.45, 7) is 7.27. The lowest BCUT2D eigenvalue weighted by Gasteiger charge is -2.33. The third-order valence-electron chi connectivity index (χ3n) is 3.95. The first-order valence-corrected chi connectivity index (χ1v) is 8.84. The Morgan fingerprint density at radius 2 is 1.96 bits per heavy atom. The fourth-order valence-corrected chi connectivity index (χ4v) is 2.55. The number of benzene rings is 1. The minimum absolute atomic E-state index is 0. The van der Waals surface area contributed by atoms with E-state index >= 15 is 0 Å². The number of ether oxygens (including phenoxy) is 4. The van der Waals surface area contributed by atoms with Gasteiger partial charge in [0.1, 0.15) is 24.0 Å². The van der Waals surface area contributed by atoms with Gasteiger partial charge in [-0.1, -0.05) is 32.0 Å². The molecule has 1 aromatic rings. The summed E-state index contributed by atoms with van der Waals surface area (Å²) in [5.41, 5.74) is 5.83. The highest BCUT2D eigenvalue weighted by molar-refractivity contribution is 5.85. The standard InChI is InChI=1S/C19H29NO5.ClH/c1-13(2)11-23-17-12-22-10-9-16(20)19(21)24-14(3)18(17)25-15-7-5-4-6-8-15;/h4-8,13-14,16-18H,9-12,20H2,1-3H3;1H/t14-,16-,17-,18-;/m0./s1. The van der Waals surface area contributed by atoms with Crippen LogP contribution in [0.4, 0.5) is 0 Å². The van der Waals surface area contributed by atoms with E-state index in [4.69, 9.17) is 24.7 Å². The van der Waals surface area contributed by atoms with Crippen molar-refractivity contribution in [1.29, 1.82) is 0 Å². The molecule has 4 atom stereocenters. The normalized spacial score (nSPS) is 27.3. The molecule has 0 aliphatic carbocycles. The number of nitrogens with two attached hydrogens (primary N) is 1. The molecule has 148 valence electrons. The maximum Gasteiger partial charge on any atom is 0.323 e. The second kappa shape index (κ2) is 11.4. The molecule has 2 rings (SSSR count). The number of esters is 1. The van der Waals surface area contributed by atoms with Crippen molar-refractivity contribution in [2.24, 2.45) is 11.7 Å². The molecule has 1 aromatic carbocycles. The third-order valence-corrected chi connectivity index (χ3v) is 3.95. The summed E-state index contributed by atoms with van der Waals surface area (Å²) in [4.78, 5) is 12.1. The smallest absolute Gasteiger partial charge is 0.323 e. The van der Waals surface area contributed by atoms with Crippen LogP contribution in [-0.2, 0) is 19.0 Å². The molecule has 6 nitrogen and oxygen atoms in total. The second-order valence-corrected chi connectivity index (χ2v) is 6.77. The van der Waals surface area contributed by atoms with Gasteiger partial charge in [0.2, 0.25) is 0 Å². The SMILES string of the molecule is CC(C)CO[C@H]1COCC[C@H](N)C(=O)O[C@@H](C)[C@@H]1Oc1ccccc1.Cl. The number of rotatable bonds is 5. The molecule has 0 amide bonds. The van der Waals surface area contributed by atoms with Crippen LogP contribution < -0.4 is 10.5 Å². The Hall–Kier alpha value is -1.34. The van der Waals surface area contributed by atoms with Crippen LogP contribution in [0, 0.1) is 5.92 Å². The number of carbonyl (C=O) groups is 1. The van der Waals surface area contributed by atoms with Gasteiger partial charge in [0.15, 0.2) is 6.10 Å². The molecule has 26 heavy (non-hydrogen) atoms. The highest BCUT2D eigenvalue weighted by atomic mass is 35.5. The van der Waals surface area contributed by atoms with Gasteiger partial charge in [0.25, 0.3) is 0 Å². The van der Waals surface area contributed by atoms with Crippen molar-refractivity contribution in [1.82, 2.24) is 0 Å². The molecule has 1 heterocycles. The molecule has 0 aromatic heterocycles. The van der Waals surface area contributed by atoms with E-state index in [0.717, 1.165) is 0 Å². The summed E-state index contributed by atoms with van der Waals surface area (Å²) in [5, 5.41) is 0. The van der Waals surface area contributed by atoms with Crippen LogP contribution in [0.25, 0.3) is 0 Å². The van der Waals surface area contributed by atoms with Gasteiger partial charge in [-0.2, -0.15) is 0 Å². The van der Waals surface area contributed by atoms with Crippen molar-refractivity contribution in [3.8, 4) is 5.75 Å². The van der Waals surface area contributed by atoms with Crippen LogP contribution in [0.5, 0.6) is 5.75 Å². The molecule has 1 fully saturated rings. The van der Waals surface area contributed by atoms with Crippen molar-refractivity contribution in [3.63, 3.8) is 0 Å². The van der Waals surface area contributed by atoms with Crippen molar-refractivity contribution in [2.45, 2.75) is 51.5 Å². The van der Waals surface area contributed by atoms with Gasteiger partial charge >= 0.3 is 5.97 Å². The fraction of sp³-hybridized carbons (Fsp3) is 0.632. The van der Waals surface area contributed by atoms with Gasteiger partial charge < -0.3 is 24.7 Å². The van der Waals surface area contributed by atoms with Crippen LogP contribution in [0.1, 0.15) is 27.2 Å². The second-order valence-electron chi connectivity index (χ2n) is 6.77. The van der Waals surface area contributed by atoms with Crippen molar-refractivity contribution >= 4 is 18.4 Å². The van der Waals surface area contributed by atoms with E-state index in [2.05, 4.69) is 13.8 Å². The molecule has 0 spiro atoms. The zero-order chi connectivity index (χ0) is 18.2. The van der Waals surface area contributed by atoms with Crippen molar-refractivity contribution in [3.05, 3.63) is 30.3 Å². The zero-order valence-corrected chi connectivity index (χ0v) is 16.4. The van der Waals surface area contributed by atoms with Crippen LogP contribution in [0.2, 0.25) is 0 Å². The summed E-state index contributed by atoms with van der Waals surface area (Å²) in [5.74, 6) is 0.622. The Morgan fingerprint density at radius 1 is 1.27 bits per heavy atom. The van der Waals surface area contributed by atoms with Gasteiger partial charge in [-0.3, -0.25) is 4.79 Å². The van der Waals surface area contributed by atoms with Gasteiger partial charge in [0, 0.05) is 13.2 Å². The predicted octanol–water partition coefficient (Wildman–Crippen LogP) is 2.58. The Bertz CT molecular complexity index is 528. The average molecular weight is 388 g/mol. The molecule has 1 saturated heterocycles. The highest BCUT2D eigenvalue weighted by Crippen LogP contribution is 2.20. The molecule has 0 unspecified atom stereocenters. The summed E-state index contributed by atoms with van der Waals surface area (Å²) < 4.78 is 23.4. The first-order chi connectivity index (χ1) is 12.0. The maximum atomic E-state index is 12.1. The fourth-order valence-electron chi connectivity index (χ4n) is 2.55. The monoisotopic (exact) mass is 387 g/mol. The van der Waals surface area contributed by atoms with Crippen LogP contribution in [0.15, 0.2) is 30.3 Å². The minimum atomic E-state index is -0.687. The molecular weight excluding hydrogens is 358 g/mol. The molecule has 1 aliphatic rings. The molecule has 7 heteroatoms. The lowest BCUT2D eigenvalue weighted by atomic mass is 10.1. The first-order valence-electron chi connectivity index (χ1n) is 8.84. The summed E-state index contributed by atoms with van der Waals surface area (Å²) >= 11 is 0. The van der Waals surface area contributed by atoms with Gasteiger partial charge in [-0.25, -0.2) is 0 Å². The molecule has 0 saturated carbocycles. The number of halogens is 1. The number of cyclic esters (lactones) is 1. The van der Waals surface area contributed by atoms with E-state index in [1.165, 1.54) is 0 Å². The van der Waals surface area contributed by atoms with E-state index in [-0.39, 0.29) is 18.5 Å². The number of carbonyl (C=O) groups excluding carboxylic acids is 1. The average Bonchev–Trinajstić information content (AvgIpc) is 2.59. The first kappa shape index (κ1) is 22.7. The summed E-state index contributed by atoms with van der Waals surface area (Å²) in [7, 11) is 0. The topological polar surface area (TPSA) is 80.0 Å². The molecule has 2 N–H and O–H groups in total. The number of para-hydroxylation sites is 1. The highest BCUT2D eigenvalue weighted by Gasteiger charge is 2.34. The van der Waals surface area contributed by atoms with Gasteiger partial charge in [-0.15, -0.1) is 12.4 Å². The summed E-state index contributed by atoms with van der Waals surface area (Å²) in [6, 6.07) is 8.73. The largest absolute Gasteiger partial charge is 0.484 e. The Labute approximate surface area is 161 Å². The van der Waals surface area contributed by atoms with Crippen molar-refractivity contribution in [2.75, 3.05) is 19.8 Å². The summed E-state index contributed by atoms with van der Waals surface area (Å²) in [6.07, 6.45) is -0.931. The molecular formula is C19H30ClNO5. The van der Waals surface area contributed by atoms with Crippen LogP contribution in [0.3, 0.4) is 0 Å². The van der Waals surface area contributed by atoms with E-state index in [1.807, 2.05) is 30.3 Å². The van der Waals surface area contributed by atoms with Crippen LogP contribution in [-0.4, -0.2) is 50.1 Å². The molecule has 0 radical (unpaired) electrons. The maximum absolute atomic E-state index is 12.1. The minimum Gasteiger partial charge on any atom is -0.484 e. The van der Waals surface area contributed by atoms with E-state index < -0.39 is 24.2 Å². The predicted molar refractivity (Wildman–Crippen MR) is 102 cm³/mol. The third kappa shape index (κ3) is 7.11. The Balaban J connectivity index is 0.00000338. The Kier molecular flexibility index (Phi) is 9.94. The Morgan fingerprint density at radius 3 is 2.62 bits per heavy atom. The number of hydrogen-bond donors (Lipinski definition) is 1. The molecule has 0 bridgehead atoms. The van der Waals surface area contributed by atoms with E-state index in [0.29, 0.717) is 37.9 Å². The van der Waals surface area contributed by atoms with E-state index in [1.54, 1.807) is 6.92 Å². The molecule has 1 aliphatic heterocycles. The van der Waals surface area contributed by atoms with Crippen molar-refractivity contribution < 1.29 is 23.7 Å². The lowest BCUT2D eigenvalue weighted by Crippen LogP contribution is -2.49. The number of hydrogen-bond acceptors (Lipinski definition) is 6. The quantitative estimate of drug-likeness (QED) is 0.782. The van der Waals surface area contributed by atoms with Crippen LogP contribution >= 0.6 is 12.4 Å². The van der Waals surface area contributed by atoms with E-state index in [9.17, 15) is 4.79 Å². The zero-order valence-electron chi connectivity index (χ0n) is 15.6. The van der Waals surface area contributed by atoms with Gasteiger partial charge in [-0.05, 0) is 31.4 Å². The lowest BCUT2D eigenvalue weighted by molar-refractivity contribution is -0.166.